The van der Waals surface area contributed by atoms with Crippen LogP contribution in [0.4, 0.5) is 5.69 Å². The molecule has 2 rings (SSSR count). The summed E-state index contributed by atoms with van der Waals surface area (Å²) >= 11 is 0. The average molecular weight is 363 g/mol. The van der Waals surface area contributed by atoms with E-state index in [0.29, 0.717) is 12.8 Å². The first kappa shape index (κ1) is 19.4. The molecule has 0 unspecified atom stereocenters. The summed E-state index contributed by atoms with van der Waals surface area (Å²) in [6.45, 7) is 0.0390. The van der Waals surface area contributed by atoms with Crippen LogP contribution < -0.4 is 10.6 Å². The molecule has 1 fully saturated rings. The average Bonchev–Trinajstić information content (AvgIpc) is 2.62. The number of hydrogen-bond acceptors (Lipinski definition) is 5. The second kappa shape index (κ2) is 8.41. The van der Waals surface area contributed by atoms with Crippen LogP contribution in [0.1, 0.15) is 48.9 Å². The van der Waals surface area contributed by atoms with Crippen LogP contribution in [-0.4, -0.2) is 39.9 Å². The third kappa shape index (κ3) is 4.78. The van der Waals surface area contributed by atoms with Crippen molar-refractivity contribution in [2.24, 2.45) is 0 Å². The maximum absolute atomic E-state index is 12.1. The molecule has 2 amide bonds. The Balaban J connectivity index is 1.82. The summed E-state index contributed by atoms with van der Waals surface area (Å²) in [5.41, 5.74) is -1.09. The van der Waals surface area contributed by atoms with Gasteiger partial charge in [0.05, 0.1) is 4.92 Å². The van der Waals surface area contributed by atoms with E-state index in [1.807, 2.05) is 0 Å². The maximum Gasteiger partial charge on any atom is 0.329 e. The molecule has 3 N–H and O–H groups in total. The van der Waals surface area contributed by atoms with Gasteiger partial charge in [-0.25, -0.2) is 4.79 Å². The number of rotatable bonds is 7. The van der Waals surface area contributed by atoms with E-state index in [9.17, 15) is 29.6 Å². The highest BCUT2D eigenvalue weighted by Gasteiger charge is 2.40. The Morgan fingerprint density at radius 2 is 1.73 bits per heavy atom. The molecule has 1 aliphatic rings. The number of benzene rings is 1. The Hall–Kier alpha value is -2.97. The molecular weight excluding hydrogens is 342 g/mol. The summed E-state index contributed by atoms with van der Waals surface area (Å²) in [6.07, 6.45) is 3.23. The lowest BCUT2D eigenvalue weighted by atomic mass is 9.81. The third-order valence-electron chi connectivity index (χ3n) is 4.47. The minimum absolute atomic E-state index is 0.0390. The highest BCUT2D eigenvalue weighted by molar-refractivity contribution is 5.94. The molecule has 9 heteroatoms. The van der Waals surface area contributed by atoms with E-state index in [1.165, 1.54) is 24.3 Å². The Labute approximate surface area is 149 Å². The van der Waals surface area contributed by atoms with Crippen molar-refractivity contribution in [3.63, 3.8) is 0 Å². The smallest absolute Gasteiger partial charge is 0.329 e. The fourth-order valence-electron chi connectivity index (χ4n) is 3.00. The van der Waals surface area contributed by atoms with Gasteiger partial charge in [-0.1, -0.05) is 19.3 Å². The molecular formula is C17H21N3O6. The summed E-state index contributed by atoms with van der Waals surface area (Å²) in [7, 11) is 0. The van der Waals surface area contributed by atoms with Crippen molar-refractivity contribution in [3.8, 4) is 0 Å². The second-order valence-electron chi connectivity index (χ2n) is 6.31. The number of nitro groups is 1. The monoisotopic (exact) mass is 363 g/mol. The number of hydrogen-bond donors (Lipinski definition) is 3. The van der Waals surface area contributed by atoms with Crippen LogP contribution in [0.2, 0.25) is 0 Å². The van der Waals surface area contributed by atoms with Crippen LogP contribution in [0.5, 0.6) is 0 Å². The fourth-order valence-corrected chi connectivity index (χ4v) is 3.00. The van der Waals surface area contributed by atoms with Crippen molar-refractivity contribution in [1.29, 1.82) is 0 Å². The number of nitro benzene ring substituents is 1. The molecule has 0 atom stereocenters. The number of amides is 2. The number of non-ortho nitro benzene ring substituents is 1. The third-order valence-corrected chi connectivity index (χ3v) is 4.47. The number of nitrogens with one attached hydrogen (secondary N) is 2. The summed E-state index contributed by atoms with van der Waals surface area (Å²) in [5.74, 6) is -1.92. The van der Waals surface area contributed by atoms with Crippen molar-refractivity contribution < 1.29 is 24.4 Å². The van der Waals surface area contributed by atoms with Gasteiger partial charge in [0.25, 0.3) is 11.6 Å². The van der Waals surface area contributed by atoms with Gasteiger partial charge < -0.3 is 15.7 Å². The molecule has 1 aromatic rings. The summed E-state index contributed by atoms with van der Waals surface area (Å²) in [6, 6.07) is 5.10. The van der Waals surface area contributed by atoms with Crippen LogP contribution in [0.3, 0.4) is 0 Å². The van der Waals surface area contributed by atoms with Crippen LogP contribution in [0.25, 0.3) is 0 Å². The molecule has 1 aromatic carbocycles. The molecule has 26 heavy (non-hydrogen) atoms. The predicted octanol–water partition coefficient (Wildman–Crippen LogP) is 1.62. The van der Waals surface area contributed by atoms with Gasteiger partial charge in [-0.2, -0.15) is 0 Å². The van der Waals surface area contributed by atoms with E-state index in [2.05, 4.69) is 10.6 Å². The summed E-state index contributed by atoms with van der Waals surface area (Å²) in [4.78, 5) is 45.6. The number of carbonyl (C=O) groups excluding carboxylic acids is 2. The molecule has 0 spiro atoms. The fraction of sp³-hybridized carbons (Fsp3) is 0.471. The number of carboxylic acid groups (broad SMARTS) is 1. The molecule has 0 saturated heterocycles. The zero-order valence-electron chi connectivity index (χ0n) is 14.2. The zero-order chi connectivity index (χ0) is 19.2. The lowest BCUT2D eigenvalue weighted by molar-refractivity contribution is -0.384. The molecule has 0 aromatic heterocycles. The molecule has 1 aliphatic carbocycles. The number of carboxylic acids is 1. The maximum atomic E-state index is 12.1. The standard InChI is InChI=1S/C17H21N3O6/c21-14(19-17(16(23)24)9-2-1-3-10-17)8-11-18-15(22)12-4-6-13(7-5-12)20(25)26/h4-7H,1-3,8-11H2,(H,18,22)(H,19,21)(H,23,24). The molecule has 0 aliphatic heterocycles. The van der Waals surface area contributed by atoms with Gasteiger partial charge in [-0.05, 0) is 25.0 Å². The lowest BCUT2D eigenvalue weighted by Gasteiger charge is -2.34. The topological polar surface area (TPSA) is 139 Å². The van der Waals surface area contributed by atoms with Crippen LogP contribution in [-0.2, 0) is 9.59 Å². The van der Waals surface area contributed by atoms with Gasteiger partial charge in [0.2, 0.25) is 5.91 Å². The molecule has 140 valence electrons. The Morgan fingerprint density at radius 3 is 2.27 bits per heavy atom. The van der Waals surface area contributed by atoms with Gasteiger partial charge in [0.15, 0.2) is 0 Å². The minimum Gasteiger partial charge on any atom is -0.480 e. The Morgan fingerprint density at radius 1 is 1.12 bits per heavy atom. The zero-order valence-corrected chi connectivity index (χ0v) is 14.2. The van der Waals surface area contributed by atoms with Gasteiger partial charge >= 0.3 is 5.97 Å². The first-order valence-electron chi connectivity index (χ1n) is 8.41. The quantitative estimate of drug-likeness (QED) is 0.497. The first-order valence-corrected chi connectivity index (χ1v) is 8.41. The van der Waals surface area contributed by atoms with E-state index in [0.717, 1.165) is 19.3 Å². The van der Waals surface area contributed by atoms with E-state index in [1.54, 1.807) is 0 Å². The largest absolute Gasteiger partial charge is 0.480 e. The van der Waals surface area contributed by atoms with Crippen LogP contribution >= 0.6 is 0 Å². The number of nitrogens with zero attached hydrogens (tertiary/aromatic N) is 1. The summed E-state index contributed by atoms with van der Waals surface area (Å²) in [5, 5.41) is 25.2. The number of aliphatic carboxylic acids is 1. The second-order valence-corrected chi connectivity index (χ2v) is 6.31. The lowest BCUT2D eigenvalue weighted by Crippen LogP contribution is -2.55. The molecule has 0 heterocycles. The first-order chi connectivity index (χ1) is 12.3. The van der Waals surface area contributed by atoms with Crippen molar-refractivity contribution in [1.82, 2.24) is 10.6 Å². The molecule has 1 saturated carbocycles. The summed E-state index contributed by atoms with van der Waals surface area (Å²) < 4.78 is 0. The van der Waals surface area contributed by atoms with Crippen LogP contribution in [0.15, 0.2) is 24.3 Å². The molecule has 0 radical (unpaired) electrons. The van der Waals surface area contributed by atoms with Gasteiger partial charge in [0.1, 0.15) is 5.54 Å². The Bertz CT molecular complexity index is 695. The van der Waals surface area contributed by atoms with Crippen molar-refractivity contribution in [2.45, 2.75) is 44.1 Å². The highest BCUT2D eigenvalue weighted by Crippen LogP contribution is 2.28. The van der Waals surface area contributed by atoms with E-state index in [-0.39, 0.29) is 24.2 Å². The van der Waals surface area contributed by atoms with Crippen molar-refractivity contribution in [3.05, 3.63) is 39.9 Å². The normalized spacial score (nSPS) is 15.7. The van der Waals surface area contributed by atoms with Crippen molar-refractivity contribution >= 4 is 23.5 Å². The van der Waals surface area contributed by atoms with Gasteiger partial charge in [0, 0.05) is 30.7 Å². The van der Waals surface area contributed by atoms with E-state index >= 15 is 0 Å². The number of carbonyl (C=O) groups is 3. The molecule has 9 nitrogen and oxygen atoms in total. The SMILES string of the molecule is O=C(CCNC(=O)c1ccc([N+](=O)[O-])cc1)NC1(C(=O)O)CCCCC1. The van der Waals surface area contributed by atoms with E-state index in [4.69, 9.17) is 0 Å². The highest BCUT2D eigenvalue weighted by atomic mass is 16.6. The van der Waals surface area contributed by atoms with E-state index < -0.39 is 28.2 Å². The van der Waals surface area contributed by atoms with Gasteiger partial charge in [-0.15, -0.1) is 0 Å². The van der Waals surface area contributed by atoms with Crippen molar-refractivity contribution in [2.75, 3.05) is 6.54 Å². The minimum atomic E-state index is -1.21. The predicted molar refractivity (Wildman–Crippen MR) is 91.6 cm³/mol. The van der Waals surface area contributed by atoms with Gasteiger partial charge in [-0.3, -0.25) is 19.7 Å². The Kier molecular flexibility index (Phi) is 6.26. The van der Waals surface area contributed by atoms with Crippen LogP contribution in [0, 0.1) is 10.1 Å². The molecule has 0 bridgehead atoms.